The van der Waals surface area contributed by atoms with Crippen LogP contribution in [0.25, 0.3) is 10.2 Å². The number of benzene rings is 2. The number of hydrogen-bond donors (Lipinski definition) is 1. The van der Waals surface area contributed by atoms with Gasteiger partial charge in [-0.3, -0.25) is 0 Å². The number of aromatic carboxylic acids is 1. The Kier molecular flexibility index (Phi) is 4.14. The minimum Gasteiger partial charge on any atom is -0.478 e. The lowest BCUT2D eigenvalue weighted by Gasteiger charge is -2.03. The molecule has 0 unspecified atom stereocenters. The Morgan fingerprint density at radius 2 is 2.10 bits per heavy atom. The number of nitrogens with zero attached hydrogens (tertiary/aromatic N) is 1. The van der Waals surface area contributed by atoms with Gasteiger partial charge in [-0.1, -0.05) is 23.7 Å². The molecule has 106 valence electrons. The molecule has 0 aliphatic carbocycles. The molecule has 1 N–H and O–H groups in total. The van der Waals surface area contributed by atoms with Crippen LogP contribution in [0.2, 0.25) is 5.02 Å². The SMILES string of the molecule is O=C(O)c1cc(SCc2nc3ccccc3s2)ccc1Cl. The molecule has 0 amide bonds. The molecule has 0 spiro atoms. The van der Waals surface area contributed by atoms with Crippen molar-refractivity contribution in [2.45, 2.75) is 10.6 Å². The molecule has 1 heterocycles. The van der Waals surface area contributed by atoms with E-state index in [1.165, 1.54) is 0 Å². The van der Waals surface area contributed by atoms with Gasteiger partial charge in [-0.05, 0) is 30.3 Å². The van der Waals surface area contributed by atoms with Crippen LogP contribution >= 0.6 is 34.7 Å². The molecule has 0 radical (unpaired) electrons. The molecule has 0 atom stereocenters. The maximum absolute atomic E-state index is 11.1. The molecule has 0 saturated carbocycles. The standard InChI is InChI=1S/C15H10ClNO2S2/c16-11-6-5-9(7-10(11)15(18)19)20-8-14-17-12-3-1-2-4-13(12)21-14/h1-7H,8H2,(H,18,19). The summed E-state index contributed by atoms with van der Waals surface area (Å²) in [7, 11) is 0. The third-order valence-electron chi connectivity index (χ3n) is 2.87. The summed E-state index contributed by atoms with van der Waals surface area (Å²) in [5, 5.41) is 10.3. The van der Waals surface area contributed by atoms with E-state index in [0.29, 0.717) is 5.75 Å². The zero-order valence-electron chi connectivity index (χ0n) is 10.7. The second kappa shape index (κ2) is 6.05. The highest BCUT2D eigenvalue weighted by atomic mass is 35.5. The van der Waals surface area contributed by atoms with E-state index in [2.05, 4.69) is 4.98 Å². The van der Waals surface area contributed by atoms with Gasteiger partial charge in [-0.25, -0.2) is 9.78 Å². The van der Waals surface area contributed by atoms with Crippen LogP contribution in [0, 0.1) is 0 Å². The molecule has 3 nitrogen and oxygen atoms in total. The Labute approximate surface area is 134 Å². The maximum Gasteiger partial charge on any atom is 0.337 e. The number of aromatic nitrogens is 1. The lowest BCUT2D eigenvalue weighted by Crippen LogP contribution is -1.97. The Balaban J connectivity index is 1.78. The molecule has 21 heavy (non-hydrogen) atoms. The first-order chi connectivity index (χ1) is 10.1. The number of carboxylic acids is 1. The first-order valence-corrected chi connectivity index (χ1v) is 8.31. The Morgan fingerprint density at radius 1 is 1.29 bits per heavy atom. The second-order valence-corrected chi connectivity index (χ2v) is 6.88. The van der Waals surface area contributed by atoms with Gasteiger partial charge in [0.2, 0.25) is 0 Å². The van der Waals surface area contributed by atoms with E-state index in [-0.39, 0.29) is 10.6 Å². The Hall–Kier alpha value is -1.56. The van der Waals surface area contributed by atoms with Crippen LogP contribution < -0.4 is 0 Å². The third-order valence-corrected chi connectivity index (χ3v) is 5.42. The van der Waals surface area contributed by atoms with Crippen molar-refractivity contribution >= 4 is 50.9 Å². The van der Waals surface area contributed by atoms with Crippen LogP contribution in [-0.4, -0.2) is 16.1 Å². The van der Waals surface area contributed by atoms with Crippen molar-refractivity contribution in [1.82, 2.24) is 4.98 Å². The van der Waals surface area contributed by atoms with Crippen LogP contribution in [0.4, 0.5) is 0 Å². The largest absolute Gasteiger partial charge is 0.478 e. The molecule has 1 aromatic heterocycles. The second-order valence-electron chi connectivity index (χ2n) is 4.31. The van der Waals surface area contributed by atoms with Crippen molar-refractivity contribution in [3.63, 3.8) is 0 Å². The molecule has 0 bridgehead atoms. The number of carbonyl (C=O) groups is 1. The number of halogens is 1. The van der Waals surface area contributed by atoms with Crippen LogP contribution in [0.1, 0.15) is 15.4 Å². The molecule has 0 aliphatic heterocycles. The quantitative estimate of drug-likeness (QED) is 0.686. The van der Waals surface area contributed by atoms with Gasteiger partial charge in [-0.15, -0.1) is 23.1 Å². The topological polar surface area (TPSA) is 50.2 Å². The Bertz CT molecular complexity index is 783. The number of hydrogen-bond acceptors (Lipinski definition) is 4. The lowest BCUT2D eigenvalue weighted by molar-refractivity contribution is 0.0697. The van der Waals surface area contributed by atoms with E-state index in [1.807, 2.05) is 30.3 Å². The predicted molar refractivity (Wildman–Crippen MR) is 87.6 cm³/mol. The normalized spacial score (nSPS) is 10.9. The predicted octanol–water partition coefficient (Wildman–Crippen LogP) is 4.94. The number of rotatable bonds is 4. The summed E-state index contributed by atoms with van der Waals surface area (Å²) >= 11 is 9.07. The lowest BCUT2D eigenvalue weighted by atomic mass is 10.2. The zero-order chi connectivity index (χ0) is 14.8. The fourth-order valence-corrected chi connectivity index (χ4v) is 3.98. The molecular weight excluding hydrogens is 326 g/mol. The van der Waals surface area contributed by atoms with Gasteiger partial charge >= 0.3 is 5.97 Å². The van der Waals surface area contributed by atoms with Crippen molar-refractivity contribution in [3.8, 4) is 0 Å². The van der Waals surface area contributed by atoms with Gasteiger partial charge in [0.1, 0.15) is 5.01 Å². The summed E-state index contributed by atoms with van der Waals surface area (Å²) in [6.07, 6.45) is 0. The van der Waals surface area contributed by atoms with Crippen LogP contribution in [0.3, 0.4) is 0 Å². The van der Waals surface area contributed by atoms with Crippen LogP contribution in [0.15, 0.2) is 47.4 Å². The fourth-order valence-electron chi connectivity index (χ4n) is 1.88. The summed E-state index contributed by atoms with van der Waals surface area (Å²) in [6.45, 7) is 0. The summed E-state index contributed by atoms with van der Waals surface area (Å²) in [5.74, 6) is -0.303. The van der Waals surface area contributed by atoms with E-state index in [4.69, 9.17) is 16.7 Å². The molecule has 2 aromatic carbocycles. The van der Waals surface area contributed by atoms with E-state index >= 15 is 0 Å². The maximum atomic E-state index is 11.1. The summed E-state index contributed by atoms with van der Waals surface area (Å²) in [4.78, 5) is 16.5. The van der Waals surface area contributed by atoms with Gasteiger partial charge in [0.25, 0.3) is 0 Å². The van der Waals surface area contributed by atoms with Gasteiger partial charge in [0.15, 0.2) is 0 Å². The van der Waals surface area contributed by atoms with E-state index in [0.717, 1.165) is 20.1 Å². The monoisotopic (exact) mass is 335 g/mol. The average Bonchev–Trinajstić information content (AvgIpc) is 2.89. The third kappa shape index (κ3) is 3.20. The number of carboxylic acid groups (broad SMARTS) is 1. The molecule has 0 aliphatic rings. The zero-order valence-corrected chi connectivity index (χ0v) is 13.1. The smallest absolute Gasteiger partial charge is 0.337 e. The average molecular weight is 336 g/mol. The number of fused-ring (bicyclic) bond motifs is 1. The summed E-state index contributed by atoms with van der Waals surface area (Å²) in [5.41, 5.74) is 1.13. The first-order valence-electron chi connectivity index (χ1n) is 6.13. The van der Waals surface area contributed by atoms with Gasteiger partial charge in [0.05, 0.1) is 26.6 Å². The van der Waals surface area contributed by atoms with Gasteiger partial charge in [0, 0.05) is 4.90 Å². The number of thioether (sulfide) groups is 1. The first kappa shape index (κ1) is 14.4. The van der Waals surface area contributed by atoms with Crippen molar-refractivity contribution in [2.75, 3.05) is 0 Å². The van der Waals surface area contributed by atoms with Crippen molar-refractivity contribution < 1.29 is 9.90 Å². The Morgan fingerprint density at radius 3 is 2.86 bits per heavy atom. The minimum absolute atomic E-state index is 0.131. The molecule has 3 rings (SSSR count). The number of para-hydroxylation sites is 1. The molecule has 6 heteroatoms. The molecule has 0 saturated heterocycles. The van der Waals surface area contributed by atoms with Crippen molar-refractivity contribution in [1.29, 1.82) is 0 Å². The fraction of sp³-hybridized carbons (Fsp3) is 0.0667. The van der Waals surface area contributed by atoms with Crippen molar-refractivity contribution in [2.24, 2.45) is 0 Å². The highest BCUT2D eigenvalue weighted by molar-refractivity contribution is 7.98. The summed E-state index contributed by atoms with van der Waals surface area (Å²) in [6, 6.07) is 13.0. The summed E-state index contributed by atoms with van der Waals surface area (Å²) < 4.78 is 1.16. The van der Waals surface area contributed by atoms with Gasteiger partial charge < -0.3 is 5.11 Å². The minimum atomic E-state index is -1.01. The van der Waals surface area contributed by atoms with Crippen LogP contribution in [-0.2, 0) is 5.75 Å². The molecule has 3 aromatic rings. The van der Waals surface area contributed by atoms with Crippen LogP contribution in [0.5, 0.6) is 0 Å². The highest BCUT2D eigenvalue weighted by Crippen LogP contribution is 2.30. The number of thiazole rings is 1. The van der Waals surface area contributed by atoms with E-state index < -0.39 is 5.97 Å². The van der Waals surface area contributed by atoms with E-state index in [1.54, 1.807) is 35.2 Å². The highest BCUT2D eigenvalue weighted by Gasteiger charge is 2.10. The molecule has 0 fully saturated rings. The van der Waals surface area contributed by atoms with Crippen molar-refractivity contribution in [3.05, 3.63) is 58.1 Å². The van der Waals surface area contributed by atoms with E-state index in [9.17, 15) is 4.79 Å². The van der Waals surface area contributed by atoms with Gasteiger partial charge in [-0.2, -0.15) is 0 Å². The molecular formula is C15H10ClNO2S2.